The minimum absolute atomic E-state index is 0.333. The topological polar surface area (TPSA) is 61.4 Å². The Morgan fingerprint density at radius 2 is 1.92 bits per heavy atom. The Labute approximate surface area is 144 Å². The molecule has 1 aliphatic heterocycles. The third-order valence-corrected chi connectivity index (χ3v) is 5.05. The van der Waals surface area contributed by atoms with Gasteiger partial charge in [-0.1, -0.05) is 12.8 Å². The molecule has 1 saturated carbocycles. The molecule has 3 rings (SSSR count). The van der Waals surface area contributed by atoms with E-state index in [-0.39, 0.29) is 0 Å². The predicted molar refractivity (Wildman–Crippen MR) is 96.3 cm³/mol. The van der Waals surface area contributed by atoms with Crippen LogP contribution in [0.5, 0.6) is 0 Å². The van der Waals surface area contributed by atoms with Crippen molar-refractivity contribution in [3.05, 3.63) is 11.8 Å². The molecule has 0 bridgehead atoms. The summed E-state index contributed by atoms with van der Waals surface area (Å²) in [6.07, 6.45) is 5.80. The normalized spacial score (nSPS) is 18.9. The van der Waals surface area contributed by atoms with Crippen molar-refractivity contribution < 1.29 is 4.79 Å². The Bertz CT molecular complexity index is 563. The number of nitrogens with one attached hydrogen (secondary N) is 1. The molecule has 0 unspecified atom stereocenters. The fourth-order valence-electron chi connectivity index (χ4n) is 3.71. The Morgan fingerprint density at radius 1 is 1.21 bits per heavy atom. The number of carbonyl (C=O) groups excluding carboxylic acids is 1. The molecule has 1 amide bonds. The number of carbonyl (C=O) groups is 1. The van der Waals surface area contributed by atoms with Gasteiger partial charge in [0, 0.05) is 50.9 Å². The summed E-state index contributed by atoms with van der Waals surface area (Å²) < 4.78 is 0. The molecule has 2 aliphatic rings. The van der Waals surface area contributed by atoms with E-state index in [0.717, 1.165) is 56.6 Å². The van der Waals surface area contributed by atoms with Crippen molar-refractivity contribution >= 4 is 17.7 Å². The van der Waals surface area contributed by atoms with Gasteiger partial charge in [-0.05, 0) is 32.6 Å². The lowest BCUT2D eigenvalue weighted by atomic mass is 10.0. The SMILES string of the molecule is CCNc1cc(C)nc(N2CCN(C(=O)CC3CCCC3)CC2)n1. The highest BCUT2D eigenvalue weighted by Gasteiger charge is 2.26. The first-order chi connectivity index (χ1) is 11.7. The van der Waals surface area contributed by atoms with E-state index in [0.29, 0.717) is 11.8 Å². The van der Waals surface area contributed by atoms with Crippen molar-refractivity contribution in [2.45, 2.75) is 46.0 Å². The van der Waals surface area contributed by atoms with E-state index in [9.17, 15) is 4.79 Å². The van der Waals surface area contributed by atoms with Crippen molar-refractivity contribution in [1.82, 2.24) is 14.9 Å². The average Bonchev–Trinajstić information content (AvgIpc) is 3.08. The Kier molecular flexibility index (Phi) is 5.53. The Hall–Kier alpha value is -1.85. The highest BCUT2D eigenvalue weighted by molar-refractivity contribution is 5.76. The van der Waals surface area contributed by atoms with Gasteiger partial charge in [-0.15, -0.1) is 0 Å². The Morgan fingerprint density at radius 3 is 2.58 bits per heavy atom. The largest absolute Gasteiger partial charge is 0.370 e. The van der Waals surface area contributed by atoms with Crippen LogP contribution < -0.4 is 10.2 Å². The second-order valence-electron chi connectivity index (χ2n) is 6.95. The van der Waals surface area contributed by atoms with E-state index in [2.05, 4.69) is 27.1 Å². The second-order valence-corrected chi connectivity index (χ2v) is 6.95. The molecular formula is C18H29N5O. The molecule has 0 spiro atoms. The summed E-state index contributed by atoms with van der Waals surface area (Å²) in [5.41, 5.74) is 0.968. The number of anilines is 2. The highest BCUT2D eigenvalue weighted by atomic mass is 16.2. The van der Waals surface area contributed by atoms with Gasteiger partial charge in [-0.3, -0.25) is 4.79 Å². The van der Waals surface area contributed by atoms with Crippen LogP contribution in [0, 0.1) is 12.8 Å². The van der Waals surface area contributed by atoms with Crippen LogP contribution in [0.25, 0.3) is 0 Å². The molecule has 6 nitrogen and oxygen atoms in total. The summed E-state index contributed by atoms with van der Waals surface area (Å²) in [6.45, 7) is 8.08. The number of hydrogen-bond acceptors (Lipinski definition) is 5. The van der Waals surface area contributed by atoms with E-state index < -0.39 is 0 Å². The summed E-state index contributed by atoms with van der Waals surface area (Å²) in [6, 6.07) is 1.97. The van der Waals surface area contributed by atoms with Crippen molar-refractivity contribution in [3.8, 4) is 0 Å². The fraction of sp³-hybridized carbons (Fsp3) is 0.722. The zero-order valence-corrected chi connectivity index (χ0v) is 14.9. The number of hydrogen-bond donors (Lipinski definition) is 1. The molecule has 0 radical (unpaired) electrons. The van der Waals surface area contributed by atoms with Crippen LogP contribution in [-0.4, -0.2) is 53.5 Å². The lowest BCUT2D eigenvalue weighted by Gasteiger charge is -2.35. The van der Waals surface area contributed by atoms with E-state index in [1.54, 1.807) is 0 Å². The molecule has 0 atom stereocenters. The van der Waals surface area contributed by atoms with Gasteiger partial charge in [0.1, 0.15) is 5.82 Å². The quantitative estimate of drug-likeness (QED) is 0.898. The third kappa shape index (κ3) is 4.16. The van der Waals surface area contributed by atoms with Crippen LogP contribution in [0.15, 0.2) is 6.07 Å². The van der Waals surface area contributed by atoms with E-state index in [1.807, 2.05) is 17.9 Å². The minimum atomic E-state index is 0.333. The molecule has 1 saturated heterocycles. The smallest absolute Gasteiger partial charge is 0.227 e. The van der Waals surface area contributed by atoms with Crippen molar-refractivity contribution in [1.29, 1.82) is 0 Å². The lowest BCUT2D eigenvalue weighted by Crippen LogP contribution is -2.49. The van der Waals surface area contributed by atoms with Gasteiger partial charge >= 0.3 is 0 Å². The second kappa shape index (κ2) is 7.81. The maximum atomic E-state index is 12.5. The first-order valence-corrected chi connectivity index (χ1v) is 9.28. The fourth-order valence-corrected chi connectivity index (χ4v) is 3.71. The third-order valence-electron chi connectivity index (χ3n) is 5.05. The summed E-state index contributed by atoms with van der Waals surface area (Å²) in [5.74, 6) is 2.60. The van der Waals surface area contributed by atoms with Gasteiger partial charge in [0.05, 0.1) is 0 Å². The maximum Gasteiger partial charge on any atom is 0.227 e. The molecule has 0 aromatic carbocycles. The molecular weight excluding hydrogens is 302 g/mol. The van der Waals surface area contributed by atoms with Gasteiger partial charge in [0.2, 0.25) is 11.9 Å². The molecule has 132 valence electrons. The van der Waals surface area contributed by atoms with Crippen LogP contribution in [0.2, 0.25) is 0 Å². The summed E-state index contributed by atoms with van der Waals surface area (Å²) >= 11 is 0. The molecule has 1 aliphatic carbocycles. The van der Waals surface area contributed by atoms with Gasteiger partial charge in [0.15, 0.2) is 0 Å². The molecule has 24 heavy (non-hydrogen) atoms. The predicted octanol–water partition coefficient (Wildman–Crippen LogP) is 2.45. The molecule has 2 fully saturated rings. The van der Waals surface area contributed by atoms with Crippen LogP contribution in [0.3, 0.4) is 0 Å². The first-order valence-electron chi connectivity index (χ1n) is 9.28. The van der Waals surface area contributed by atoms with Crippen LogP contribution in [0.1, 0.15) is 44.7 Å². The highest BCUT2D eigenvalue weighted by Crippen LogP contribution is 2.28. The standard InChI is InChI=1S/C18H29N5O/c1-3-19-16-12-14(2)20-18(21-16)23-10-8-22(9-11-23)17(24)13-15-6-4-5-7-15/h12,15H,3-11,13H2,1-2H3,(H,19,20,21). The van der Waals surface area contributed by atoms with Crippen molar-refractivity contribution in [3.63, 3.8) is 0 Å². The van der Waals surface area contributed by atoms with Gasteiger partial charge in [-0.25, -0.2) is 4.98 Å². The Balaban J connectivity index is 1.55. The molecule has 1 aromatic rings. The van der Waals surface area contributed by atoms with Crippen molar-refractivity contribution in [2.75, 3.05) is 42.9 Å². The number of piperazine rings is 1. The molecule has 6 heteroatoms. The monoisotopic (exact) mass is 331 g/mol. The van der Waals surface area contributed by atoms with Crippen LogP contribution in [-0.2, 0) is 4.79 Å². The zero-order chi connectivity index (χ0) is 16.9. The van der Waals surface area contributed by atoms with Crippen LogP contribution >= 0.6 is 0 Å². The van der Waals surface area contributed by atoms with E-state index in [1.165, 1.54) is 25.7 Å². The number of aryl methyl sites for hydroxylation is 1. The summed E-state index contributed by atoms with van der Waals surface area (Å²) in [7, 11) is 0. The average molecular weight is 331 g/mol. The molecule has 1 N–H and O–H groups in total. The number of rotatable bonds is 5. The number of amides is 1. The van der Waals surface area contributed by atoms with Gasteiger partial charge in [-0.2, -0.15) is 4.98 Å². The lowest BCUT2D eigenvalue weighted by molar-refractivity contribution is -0.132. The minimum Gasteiger partial charge on any atom is -0.370 e. The van der Waals surface area contributed by atoms with Gasteiger partial charge < -0.3 is 15.1 Å². The number of nitrogens with zero attached hydrogens (tertiary/aromatic N) is 4. The first kappa shape index (κ1) is 17.0. The van der Waals surface area contributed by atoms with E-state index >= 15 is 0 Å². The molecule has 1 aromatic heterocycles. The maximum absolute atomic E-state index is 12.5. The number of aromatic nitrogens is 2. The van der Waals surface area contributed by atoms with Gasteiger partial charge in [0.25, 0.3) is 0 Å². The van der Waals surface area contributed by atoms with Crippen LogP contribution in [0.4, 0.5) is 11.8 Å². The summed E-state index contributed by atoms with van der Waals surface area (Å²) in [5, 5.41) is 3.25. The van der Waals surface area contributed by atoms with Crippen molar-refractivity contribution in [2.24, 2.45) is 5.92 Å². The molecule has 2 heterocycles. The van der Waals surface area contributed by atoms with E-state index in [4.69, 9.17) is 0 Å². The summed E-state index contributed by atoms with van der Waals surface area (Å²) in [4.78, 5) is 25.8. The zero-order valence-electron chi connectivity index (χ0n) is 14.9.